The van der Waals surface area contributed by atoms with Crippen molar-refractivity contribution in [2.75, 3.05) is 0 Å². The van der Waals surface area contributed by atoms with E-state index in [2.05, 4.69) is 188 Å². The Balaban J connectivity index is 1.22. The van der Waals surface area contributed by atoms with Crippen LogP contribution in [0.2, 0.25) is 0 Å². The second kappa shape index (κ2) is 14.0. The predicted octanol–water partition coefficient (Wildman–Crippen LogP) is 15.1. The van der Waals surface area contributed by atoms with Gasteiger partial charge in [0.15, 0.2) is 0 Å². The Hall–Kier alpha value is -6.24. The maximum atomic E-state index is 2.55. The molecule has 3 aliphatic rings. The number of benzene rings is 7. The normalized spacial score (nSPS) is 16.8. The molecular weight excluding hydrogens is 649 g/mol. The van der Waals surface area contributed by atoms with Gasteiger partial charge in [-0.25, -0.2) is 0 Å². The maximum Gasteiger partial charge on any atom is 0.00621 e. The topological polar surface area (TPSA) is 0 Å². The minimum absolute atomic E-state index is 0.317. The fraction of sp³-hybridized carbons (Fsp3) is 0.111. The van der Waals surface area contributed by atoms with Crippen molar-refractivity contribution in [2.24, 2.45) is 0 Å². The summed E-state index contributed by atoms with van der Waals surface area (Å²) in [5.74, 6) is 0.317. The molecule has 3 aliphatic carbocycles. The van der Waals surface area contributed by atoms with Crippen LogP contribution in [0.4, 0.5) is 0 Å². The fourth-order valence-electron chi connectivity index (χ4n) is 9.21. The minimum atomic E-state index is 0.317. The van der Waals surface area contributed by atoms with Gasteiger partial charge in [0.25, 0.3) is 0 Å². The summed E-state index contributed by atoms with van der Waals surface area (Å²) in [5.41, 5.74) is 14.8. The van der Waals surface area contributed by atoms with Gasteiger partial charge < -0.3 is 0 Å². The summed E-state index contributed by atoms with van der Waals surface area (Å²) >= 11 is 0. The van der Waals surface area contributed by atoms with Crippen LogP contribution in [0.25, 0.3) is 71.3 Å². The molecule has 7 aromatic carbocycles. The molecule has 0 fully saturated rings. The highest BCUT2D eigenvalue weighted by atomic mass is 14.3. The number of allylic oxidation sites excluding steroid dienone is 12. The summed E-state index contributed by atoms with van der Waals surface area (Å²) in [6.45, 7) is 0. The highest BCUT2D eigenvalue weighted by Gasteiger charge is 2.25. The van der Waals surface area contributed by atoms with Crippen LogP contribution in [0.15, 0.2) is 188 Å². The molecule has 0 heteroatoms. The molecule has 54 heavy (non-hydrogen) atoms. The van der Waals surface area contributed by atoms with E-state index in [-0.39, 0.29) is 0 Å². The molecule has 0 aromatic heterocycles. The zero-order valence-electron chi connectivity index (χ0n) is 30.5. The van der Waals surface area contributed by atoms with Gasteiger partial charge in [-0.05, 0) is 138 Å². The van der Waals surface area contributed by atoms with Crippen LogP contribution in [0, 0.1) is 0 Å². The Morgan fingerprint density at radius 1 is 0.463 bits per heavy atom. The van der Waals surface area contributed by atoms with Crippen LogP contribution < -0.4 is 0 Å². The van der Waals surface area contributed by atoms with Crippen LogP contribution in [0.1, 0.15) is 60.3 Å². The van der Waals surface area contributed by atoms with Crippen molar-refractivity contribution in [2.45, 2.75) is 38.0 Å². The third kappa shape index (κ3) is 5.71. The SMILES string of the molecule is C1=CCC(c2cc(-c3ccccc3)cc(C3=CCCC=C3)c2C2=CC(c3c4ccccc4c(-c4cccc5ccccc45)c4ccccc34)=CCC2)C=C1. The molecule has 1 unspecified atom stereocenters. The second-order valence-corrected chi connectivity index (χ2v) is 14.9. The molecule has 0 N–H and O–H groups in total. The largest absolute Gasteiger partial charge is 0.0836 e. The second-order valence-electron chi connectivity index (χ2n) is 14.9. The summed E-state index contributed by atoms with van der Waals surface area (Å²) < 4.78 is 0. The number of hydrogen-bond donors (Lipinski definition) is 0. The zero-order valence-corrected chi connectivity index (χ0v) is 30.5. The monoisotopic (exact) mass is 690 g/mol. The van der Waals surface area contributed by atoms with Crippen molar-refractivity contribution < 1.29 is 0 Å². The molecule has 10 rings (SSSR count). The lowest BCUT2D eigenvalue weighted by atomic mass is 9.77. The number of rotatable bonds is 6. The lowest BCUT2D eigenvalue weighted by Crippen LogP contribution is -2.08. The average Bonchev–Trinajstić information content (AvgIpc) is 3.26. The van der Waals surface area contributed by atoms with Gasteiger partial charge >= 0.3 is 0 Å². The molecule has 0 radical (unpaired) electrons. The molecule has 0 saturated carbocycles. The van der Waals surface area contributed by atoms with Gasteiger partial charge in [-0.15, -0.1) is 0 Å². The lowest BCUT2D eigenvalue weighted by Gasteiger charge is -2.27. The van der Waals surface area contributed by atoms with Crippen molar-refractivity contribution in [3.63, 3.8) is 0 Å². The zero-order chi connectivity index (χ0) is 35.8. The molecule has 0 aliphatic heterocycles. The van der Waals surface area contributed by atoms with Crippen LogP contribution in [0.5, 0.6) is 0 Å². The standard InChI is InChI=1S/C54H42/c1-4-18-37(19-5-1)43-35-50(39-20-6-2-7-21-39)53(51(36-43)40-22-8-3-9-23-40)42-27-16-26-41(34-42)52-46-29-12-14-31-48(46)54(49-32-15-13-30-47(49)52)45-33-17-25-38-24-10-11-28-44(38)45/h1-2,4-8,10-15,17-20,22-26,28-36,39H,3,9,16,21,27H2. The third-order valence-electron chi connectivity index (χ3n) is 11.7. The molecule has 258 valence electrons. The van der Waals surface area contributed by atoms with Gasteiger partial charge in [0.1, 0.15) is 0 Å². The molecule has 0 nitrogen and oxygen atoms in total. The van der Waals surface area contributed by atoms with Crippen LogP contribution in [-0.4, -0.2) is 0 Å². The van der Waals surface area contributed by atoms with E-state index in [0.717, 1.165) is 32.1 Å². The molecular formula is C54H42. The van der Waals surface area contributed by atoms with Crippen molar-refractivity contribution in [3.8, 4) is 22.3 Å². The summed E-state index contributed by atoms with van der Waals surface area (Å²) in [6.07, 6.45) is 26.6. The smallest absolute Gasteiger partial charge is 0.00621 e. The first-order valence-corrected chi connectivity index (χ1v) is 19.6. The van der Waals surface area contributed by atoms with E-state index >= 15 is 0 Å². The van der Waals surface area contributed by atoms with Gasteiger partial charge in [-0.1, -0.05) is 176 Å². The van der Waals surface area contributed by atoms with E-state index in [1.54, 1.807) is 0 Å². The van der Waals surface area contributed by atoms with Gasteiger partial charge in [0.05, 0.1) is 0 Å². The summed E-state index contributed by atoms with van der Waals surface area (Å²) in [5, 5.41) is 7.77. The van der Waals surface area contributed by atoms with Gasteiger partial charge in [-0.3, -0.25) is 0 Å². The van der Waals surface area contributed by atoms with Crippen molar-refractivity contribution in [3.05, 3.63) is 210 Å². The highest BCUT2D eigenvalue weighted by molar-refractivity contribution is 6.22. The van der Waals surface area contributed by atoms with E-state index < -0.39 is 0 Å². The molecule has 0 spiro atoms. The Morgan fingerprint density at radius 2 is 1.15 bits per heavy atom. The van der Waals surface area contributed by atoms with Crippen LogP contribution in [0.3, 0.4) is 0 Å². The Labute approximate surface area is 318 Å². The Kier molecular flexibility index (Phi) is 8.38. The molecule has 0 bridgehead atoms. The molecule has 0 saturated heterocycles. The molecule has 0 heterocycles. The lowest BCUT2D eigenvalue weighted by molar-refractivity contribution is 0.847. The summed E-state index contributed by atoms with van der Waals surface area (Å²) in [6, 6.07) is 49.6. The first-order chi connectivity index (χ1) is 26.8. The molecule has 7 aromatic rings. The number of fused-ring (bicyclic) bond motifs is 3. The van der Waals surface area contributed by atoms with Crippen LogP contribution in [-0.2, 0) is 0 Å². The van der Waals surface area contributed by atoms with E-state index in [4.69, 9.17) is 0 Å². The van der Waals surface area contributed by atoms with Crippen molar-refractivity contribution >= 4 is 49.0 Å². The molecule has 0 amide bonds. The van der Waals surface area contributed by atoms with Gasteiger partial charge in [-0.2, -0.15) is 0 Å². The molecule has 1 atom stereocenters. The summed E-state index contributed by atoms with van der Waals surface area (Å²) in [4.78, 5) is 0. The average molecular weight is 691 g/mol. The third-order valence-corrected chi connectivity index (χ3v) is 11.7. The van der Waals surface area contributed by atoms with E-state index in [9.17, 15) is 0 Å². The van der Waals surface area contributed by atoms with Gasteiger partial charge in [0, 0.05) is 5.92 Å². The van der Waals surface area contributed by atoms with E-state index in [1.807, 2.05) is 0 Å². The van der Waals surface area contributed by atoms with E-state index in [0.29, 0.717) is 5.92 Å². The van der Waals surface area contributed by atoms with Crippen LogP contribution >= 0.6 is 0 Å². The first-order valence-electron chi connectivity index (χ1n) is 19.6. The Morgan fingerprint density at radius 3 is 1.87 bits per heavy atom. The van der Waals surface area contributed by atoms with Gasteiger partial charge in [0.2, 0.25) is 0 Å². The van der Waals surface area contributed by atoms with Crippen molar-refractivity contribution in [1.29, 1.82) is 0 Å². The minimum Gasteiger partial charge on any atom is -0.0836 e. The van der Waals surface area contributed by atoms with Crippen molar-refractivity contribution in [1.82, 2.24) is 0 Å². The predicted molar refractivity (Wildman–Crippen MR) is 233 cm³/mol. The number of hydrogen-bond acceptors (Lipinski definition) is 0. The Bertz CT molecular complexity index is 2720. The summed E-state index contributed by atoms with van der Waals surface area (Å²) in [7, 11) is 0. The first kappa shape index (κ1) is 32.4. The quantitative estimate of drug-likeness (QED) is 0.152. The maximum absolute atomic E-state index is 2.55. The van der Waals surface area contributed by atoms with E-state index in [1.165, 1.54) is 93.5 Å². The fourth-order valence-corrected chi connectivity index (χ4v) is 9.21. The highest BCUT2D eigenvalue weighted by Crippen LogP contribution is 2.48.